The average Bonchev–Trinajstić information content (AvgIpc) is 2.98. The lowest BCUT2D eigenvalue weighted by atomic mass is 10.1. The van der Waals surface area contributed by atoms with E-state index in [1.165, 1.54) is 0 Å². The van der Waals surface area contributed by atoms with Gasteiger partial charge in [0.1, 0.15) is 0 Å². The topological polar surface area (TPSA) is 69.6 Å². The zero-order chi connectivity index (χ0) is 11.8. The van der Waals surface area contributed by atoms with E-state index < -0.39 is 0 Å². The summed E-state index contributed by atoms with van der Waals surface area (Å²) < 4.78 is 0. The third-order valence-corrected chi connectivity index (χ3v) is 3.64. The monoisotopic (exact) mass is 226 g/mol. The van der Waals surface area contributed by atoms with Crippen molar-refractivity contribution in [3.63, 3.8) is 0 Å². The summed E-state index contributed by atoms with van der Waals surface area (Å²) in [4.78, 5) is 24.6. The minimum absolute atomic E-state index is 0.0310. The average molecular weight is 226 g/mol. The molecule has 1 saturated heterocycles. The van der Waals surface area contributed by atoms with Gasteiger partial charge in [0.15, 0.2) is 0 Å². The number of likely N-dealkylation sites (tertiary alicyclic amines) is 1. The second-order valence-corrected chi connectivity index (χ2v) is 5.05. The van der Waals surface area contributed by atoms with E-state index >= 15 is 0 Å². The van der Waals surface area contributed by atoms with E-state index in [1.807, 2.05) is 0 Å². The molecule has 0 aromatic carbocycles. The first-order valence-corrected chi connectivity index (χ1v) is 5.69. The molecule has 0 spiro atoms. The van der Waals surface area contributed by atoms with Crippen molar-refractivity contribution in [2.24, 2.45) is 11.3 Å². The highest BCUT2D eigenvalue weighted by Crippen LogP contribution is 2.44. The van der Waals surface area contributed by atoms with Crippen LogP contribution in [-0.4, -0.2) is 48.6 Å². The fraction of sp³-hybridized carbons (Fsp3) is 0.818. The first-order valence-electron chi connectivity index (χ1n) is 5.69. The van der Waals surface area contributed by atoms with Gasteiger partial charge in [0, 0.05) is 32.0 Å². The van der Waals surface area contributed by atoms with Crippen LogP contribution in [0.1, 0.15) is 19.3 Å². The number of aliphatic hydroxyl groups excluding tert-OH is 1. The highest BCUT2D eigenvalue weighted by atomic mass is 16.3. The van der Waals surface area contributed by atoms with Crippen molar-refractivity contribution in [3.05, 3.63) is 0 Å². The number of nitrogens with zero attached hydrogens (tertiary/aromatic N) is 1. The minimum atomic E-state index is -0.216. The Kier molecular flexibility index (Phi) is 2.88. The Morgan fingerprint density at radius 3 is 2.75 bits per heavy atom. The van der Waals surface area contributed by atoms with Gasteiger partial charge in [-0.2, -0.15) is 0 Å². The van der Waals surface area contributed by atoms with Gasteiger partial charge in [-0.1, -0.05) is 0 Å². The summed E-state index contributed by atoms with van der Waals surface area (Å²) in [6, 6.07) is 0. The Bertz CT molecular complexity index is 312. The van der Waals surface area contributed by atoms with Gasteiger partial charge >= 0.3 is 0 Å². The fourth-order valence-electron chi connectivity index (χ4n) is 2.03. The molecule has 2 rings (SSSR count). The maximum atomic E-state index is 11.8. The van der Waals surface area contributed by atoms with Crippen molar-refractivity contribution >= 4 is 11.8 Å². The highest BCUT2D eigenvalue weighted by molar-refractivity contribution is 5.89. The Balaban J connectivity index is 1.78. The van der Waals surface area contributed by atoms with Gasteiger partial charge < -0.3 is 15.3 Å². The van der Waals surface area contributed by atoms with Crippen LogP contribution in [0.15, 0.2) is 0 Å². The van der Waals surface area contributed by atoms with Gasteiger partial charge in [-0.15, -0.1) is 0 Å². The first kappa shape index (κ1) is 11.4. The maximum Gasteiger partial charge on any atom is 0.225 e. The molecule has 0 aromatic heterocycles. The third kappa shape index (κ3) is 2.19. The van der Waals surface area contributed by atoms with Crippen LogP contribution in [0.3, 0.4) is 0 Å². The number of carbonyl (C=O) groups excluding carboxylic acids is 2. The molecular weight excluding hydrogens is 208 g/mol. The second kappa shape index (κ2) is 4.05. The van der Waals surface area contributed by atoms with Crippen LogP contribution in [0.4, 0.5) is 0 Å². The van der Waals surface area contributed by atoms with E-state index in [2.05, 4.69) is 5.32 Å². The largest absolute Gasteiger partial charge is 0.396 e. The van der Waals surface area contributed by atoms with E-state index in [-0.39, 0.29) is 29.8 Å². The fourth-order valence-corrected chi connectivity index (χ4v) is 2.03. The molecule has 5 heteroatoms. The molecule has 1 aliphatic carbocycles. The van der Waals surface area contributed by atoms with Crippen LogP contribution >= 0.6 is 0 Å². The number of hydrogen-bond acceptors (Lipinski definition) is 3. The molecule has 2 aliphatic rings. The summed E-state index contributed by atoms with van der Waals surface area (Å²) in [7, 11) is 1.71. The minimum Gasteiger partial charge on any atom is -0.396 e. The third-order valence-electron chi connectivity index (χ3n) is 3.64. The summed E-state index contributed by atoms with van der Waals surface area (Å²) in [6.45, 7) is 1.18. The van der Waals surface area contributed by atoms with Gasteiger partial charge in [0.2, 0.25) is 11.8 Å². The van der Waals surface area contributed by atoms with E-state index in [0.717, 1.165) is 12.8 Å². The van der Waals surface area contributed by atoms with Crippen molar-refractivity contribution in [1.29, 1.82) is 0 Å². The lowest BCUT2D eigenvalue weighted by molar-refractivity contribution is -0.128. The molecule has 1 aliphatic heterocycles. The molecule has 1 heterocycles. The van der Waals surface area contributed by atoms with Gasteiger partial charge in [0.25, 0.3) is 0 Å². The van der Waals surface area contributed by atoms with E-state index in [1.54, 1.807) is 11.9 Å². The normalized spacial score (nSPS) is 27.0. The lowest BCUT2D eigenvalue weighted by Crippen LogP contribution is -2.37. The quantitative estimate of drug-likeness (QED) is 0.669. The summed E-state index contributed by atoms with van der Waals surface area (Å²) in [5, 5.41) is 11.9. The van der Waals surface area contributed by atoms with Crippen LogP contribution in [0.25, 0.3) is 0 Å². The van der Waals surface area contributed by atoms with Gasteiger partial charge in [-0.05, 0) is 12.8 Å². The molecule has 1 atom stereocenters. The number of rotatable bonds is 4. The molecule has 1 saturated carbocycles. The van der Waals surface area contributed by atoms with E-state index in [0.29, 0.717) is 19.5 Å². The molecule has 2 N–H and O–H groups in total. The first-order chi connectivity index (χ1) is 7.56. The number of hydrogen-bond donors (Lipinski definition) is 2. The van der Waals surface area contributed by atoms with Crippen molar-refractivity contribution in [2.75, 3.05) is 26.7 Å². The predicted octanol–water partition coefficient (Wildman–Crippen LogP) is -0.647. The number of carbonyl (C=O) groups is 2. The van der Waals surface area contributed by atoms with Crippen LogP contribution in [0, 0.1) is 11.3 Å². The molecule has 1 unspecified atom stereocenters. The van der Waals surface area contributed by atoms with Crippen molar-refractivity contribution in [3.8, 4) is 0 Å². The Morgan fingerprint density at radius 1 is 1.62 bits per heavy atom. The predicted molar refractivity (Wildman–Crippen MR) is 57.5 cm³/mol. The maximum absolute atomic E-state index is 11.8. The van der Waals surface area contributed by atoms with Gasteiger partial charge in [-0.25, -0.2) is 0 Å². The van der Waals surface area contributed by atoms with Crippen LogP contribution in [-0.2, 0) is 9.59 Å². The zero-order valence-corrected chi connectivity index (χ0v) is 9.53. The Morgan fingerprint density at radius 2 is 2.31 bits per heavy atom. The summed E-state index contributed by atoms with van der Waals surface area (Å²) in [5.41, 5.74) is -0.0653. The summed E-state index contributed by atoms with van der Waals surface area (Å²) >= 11 is 0. The van der Waals surface area contributed by atoms with E-state index in [9.17, 15) is 9.59 Å². The van der Waals surface area contributed by atoms with Crippen LogP contribution in [0.2, 0.25) is 0 Å². The highest BCUT2D eigenvalue weighted by Gasteiger charge is 2.42. The number of nitrogens with one attached hydrogen (secondary N) is 1. The molecule has 2 fully saturated rings. The Labute approximate surface area is 94.8 Å². The zero-order valence-electron chi connectivity index (χ0n) is 9.53. The number of aliphatic hydroxyl groups is 1. The van der Waals surface area contributed by atoms with Crippen molar-refractivity contribution in [2.45, 2.75) is 19.3 Å². The molecular formula is C11H18N2O3. The smallest absolute Gasteiger partial charge is 0.225 e. The van der Waals surface area contributed by atoms with Crippen LogP contribution in [0.5, 0.6) is 0 Å². The summed E-state index contributed by atoms with van der Waals surface area (Å²) in [6.07, 6.45) is 2.27. The standard InChI is InChI=1S/C11H18N2O3/c1-13-5-8(4-9(13)15)10(16)12-6-11(7-14)2-3-11/h8,14H,2-7H2,1H3,(H,12,16). The van der Waals surface area contributed by atoms with Crippen molar-refractivity contribution in [1.82, 2.24) is 10.2 Å². The second-order valence-electron chi connectivity index (χ2n) is 5.05. The van der Waals surface area contributed by atoms with Gasteiger partial charge in [-0.3, -0.25) is 9.59 Å². The Hall–Kier alpha value is -1.10. The van der Waals surface area contributed by atoms with Crippen LogP contribution < -0.4 is 5.32 Å². The lowest BCUT2D eigenvalue weighted by Gasteiger charge is -2.15. The molecule has 16 heavy (non-hydrogen) atoms. The number of amides is 2. The van der Waals surface area contributed by atoms with Gasteiger partial charge in [0.05, 0.1) is 12.5 Å². The molecule has 0 radical (unpaired) electrons. The molecule has 5 nitrogen and oxygen atoms in total. The van der Waals surface area contributed by atoms with E-state index in [4.69, 9.17) is 5.11 Å². The van der Waals surface area contributed by atoms with Crippen molar-refractivity contribution < 1.29 is 14.7 Å². The SMILES string of the molecule is CN1CC(C(=O)NCC2(CO)CC2)CC1=O. The molecule has 0 aromatic rings. The molecule has 0 bridgehead atoms. The molecule has 90 valence electrons. The summed E-state index contributed by atoms with van der Waals surface area (Å²) in [5.74, 6) is -0.243. The molecule has 2 amide bonds.